The van der Waals surface area contributed by atoms with Gasteiger partial charge in [-0.2, -0.15) is 18.4 Å². The zero-order valence-electron chi connectivity index (χ0n) is 15.5. The third kappa shape index (κ3) is 4.25. The SMILES string of the molecule is Cc1ccc(Cn2c(-c3ccc(Br)cc3)cc(C(F)(F)F)c(C#N)c2=O)c(C)n1. The lowest BCUT2D eigenvalue weighted by Gasteiger charge is -2.18. The quantitative estimate of drug-likeness (QED) is 0.536. The van der Waals surface area contributed by atoms with Crippen molar-refractivity contribution in [1.29, 1.82) is 5.26 Å². The van der Waals surface area contributed by atoms with Gasteiger partial charge in [-0.3, -0.25) is 9.78 Å². The Morgan fingerprint density at radius 1 is 1.14 bits per heavy atom. The van der Waals surface area contributed by atoms with Gasteiger partial charge in [0.15, 0.2) is 0 Å². The minimum absolute atomic E-state index is 0.00381. The Bertz CT molecular complexity index is 1180. The van der Waals surface area contributed by atoms with Crippen LogP contribution in [0.15, 0.2) is 51.7 Å². The first-order valence-corrected chi connectivity index (χ1v) is 9.35. The Kier molecular flexibility index (Phi) is 5.62. The van der Waals surface area contributed by atoms with Crippen LogP contribution in [0.2, 0.25) is 0 Å². The van der Waals surface area contributed by atoms with Crippen LogP contribution in [0.5, 0.6) is 0 Å². The average molecular weight is 462 g/mol. The standard InChI is InChI=1S/C21H15BrF3N3O/c1-12-3-4-15(13(2)27-12)11-28-19(14-5-7-16(22)8-6-14)9-18(21(23,24)25)17(10-26)20(28)29/h3-9H,11H2,1-2H3. The highest BCUT2D eigenvalue weighted by Gasteiger charge is 2.36. The van der Waals surface area contributed by atoms with E-state index in [1.807, 2.05) is 6.92 Å². The van der Waals surface area contributed by atoms with Crippen LogP contribution in [0, 0.1) is 25.2 Å². The Hall–Kier alpha value is -2.92. The molecule has 0 N–H and O–H groups in total. The first-order chi connectivity index (χ1) is 13.6. The Morgan fingerprint density at radius 3 is 2.34 bits per heavy atom. The molecule has 0 spiro atoms. The molecule has 0 amide bonds. The van der Waals surface area contributed by atoms with E-state index in [4.69, 9.17) is 0 Å². The fraction of sp³-hybridized carbons (Fsp3) is 0.190. The number of pyridine rings is 2. The summed E-state index contributed by atoms with van der Waals surface area (Å²) in [5.41, 5.74) is -0.505. The number of alkyl halides is 3. The third-order valence-electron chi connectivity index (χ3n) is 4.52. The van der Waals surface area contributed by atoms with Gasteiger partial charge in [-0.1, -0.05) is 34.1 Å². The van der Waals surface area contributed by atoms with E-state index in [2.05, 4.69) is 20.9 Å². The molecule has 2 heterocycles. The number of halogens is 4. The highest BCUT2D eigenvalue weighted by Crippen LogP contribution is 2.34. The van der Waals surface area contributed by atoms with E-state index >= 15 is 0 Å². The van der Waals surface area contributed by atoms with Crippen LogP contribution in [0.1, 0.15) is 28.1 Å². The second kappa shape index (κ2) is 7.84. The molecule has 4 nitrogen and oxygen atoms in total. The number of rotatable bonds is 3. The number of hydrogen-bond acceptors (Lipinski definition) is 3. The van der Waals surface area contributed by atoms with Crippen molar-refractivity contribution in [2.24, 2.45) is 0 Å². The molecule has 0 atom stereocenters. The fourth-order valence-corrected chi connectivity index (χ4v) is 3.31. The summed E-state index contributed by atoms with van der Waals surface area (Å²) in [6.07, 6.45) is -4.82. The molecule has 0 fully saturated rings. The van der Waals surface area contributed by atoms with Crippen molar-refractivity contribution in [2.75, 3.05) is 0 Å². The molecule has 0 unspecified atom stereocenters. The number of benzene rings is 1. The minimum Gasteiger partial charge on any atom is -0.303 e. The summed E-state index contributed by atoms with van der Waals surface area (Å²) in [6.45, 7) is 3.58. The lowest BCUT2D eigenvalue weighted by atomic mass is 10.0. The lowest BCUT2D eigenvalue weighted by molar-refractivity contribution is -0.137. The normalized spacial score (nSPS) is 11.3. The van der Waals surface area contributed by atoms with Crippen molar-refractivity contribution >= 4 is 15.9 Å². The van der Waals surface area contributed by atoms with Crippen LogP contribution >= 0.6 is 15.9 Å². The highest BCUT2D eigenvalue weighted by atomic mass is 79.9. The zero-order valence-corrected chi connectivity index (χ0v) is 17.1. The summed E-state index contributed by atoms with van der Waals surface area (Å²) in [5.74, 6) is 0. The minimum atomic E-state index is -4.82. The largest absolute Gasteiger partial charge is 0.417 e. The van der Waals surface area contributed by atoms with Crippen molar-refractivity contribution in [3.63, 3.8) is 0 Å². The van der Waals surface area contributed by atoms with E-state index in [-0.39, 0.29) is 12.2 Å². The molecule has 0 bridgehead atoms. The maximum Gasteiger partial charge on any atom is 0.417 e. The first kappa shape index (κ1) is 20.8. The molecule has 0 aliphatic heterocycles. The van der Waals surface area contributed by atoms with E-state index in [9.17, 15) is 23.2 Å². The van der Waals surface area contributed by atoms with Gasteiger partial charge < -0.3 is 4.57 Å². The van der Waals surface area contributed by atoms with Crippen LogP contribution in [0.3, 0.4) is 0 Å². The molecule has 3 rings (SSSR count). The Balaban J connectivity index is 2.31. The second-order valence-electron chi connectivity index (χ2n) is 6.52. The molecule has 2 aromatic heterocycles. The van der Waals surface area contributed by atoms with Gasteiger partial charge in [0.25, 0.3) is 5.56 Å². The van der Waals surface area contributed by atoms with Gasteiger partial charge >= 0.3 is 6.18 Å². The van der Waals surface area contributed by atoms with Crippen molar-refractivity contribution in [3.05, 3.63) is 85.4 Å². The van der Waals surface area contributed by atoms with Gasteiger partial charge in [0.05, 0.1) is 17.8 Å². The lowest BCUT2D eigenvalue weighted by Crippen LogP contribution is -2.29. The van der Waals surface area contributed by atoms with E-state index in [0.717, 1.165) is 16.2 Å². The summed E-state index contributed by atoms with van der Waals surface area (Å²) < 4.78 is 42.5. The summed E-state index contributed by atoms with van der Waals surface area (Å²) in [6, 6.07) is 12.4. The van der Waals surface area contributed by atoms with Gasteiger partial charge in [0.2, 0.25) is 0 Å². The summed E-state index contributed by atoms with van der Waals surface area (Å²) in [5, 5.41) is 9.26. The van der Waals surface area contributed by atoms with Crippen molar-refractivity contribution in [2.45, 2.75) is 26.6 Å². The molecule has 148 valence electrons. The van der Waals surface area contributed by atoms with Crippen LogP contribution in [-0.4, -0.2) is 9.55 Å². The topological polar surface area (TPSA) is 58.7 Å². The number of nitrogens with zero attached hydrogens (tertiary/aromatic N) is 3. The van der Waals surface area contributed by atoms with Gasteiger partial charge in [0, 0.05) is 15.9 Å². The maximum atomic E-state index is 13.5. The average Bonchev–Trinajstić information content (AvgIpc) is 2.64. The van der Waals surface area contributed by atoms with Gasteiger partial charge in [-0.05, 0) is 49.2 Å². The van der Waals surface area contributed by atoms with Crippen molar-refractivity contribution < 1.29 is 13.2 Å². The predicted octanol–water partition coefficient (Wildman–Crippen LogP) is 5.23. The van der Waals surface area contributed by atoms with Crippen LogP contribution in [0.4, 0.5) is 13.2 Å². The molecule has 29 heavy (non-hydrogen) atoms. The van der Waals surface area contributed by atoms with Crippen LogP contribution in [-0.2, 0) is 12.7 Å². The third-order valence-corrected chi connectivity index (χ3v) is 5.05. The zero-order chi connectivity index (χ0) is 21.3. The molecular weight excluding hydrogens is 447 g/mol. The van der Waals surface area contributed by atoms with Gasteiger partial charge in [0.1, 0.15) is 11.6 Å². The molecule has 0 saturated carbocycles. The van der Waals surface area contributed by atoms with E-state index < -0.39 is 22.9 Å². The summed E-state index contributed by atoms with van der Waals surface area (Å²) >= 11 is 3.29. The number of hydrogen-bond donors (Lipinski definition) is 0. The van der Waals surface area contributed by atoms with Gasteiger partial charge in [-0.25, -0.2) is 0 Å². The van der Waals surface area contributed by atoms with E-state index in [0.29, 0.717) is 16.8 Å². The number of aryl methyl sites for hydroxylation is 2. The molecule has 0 radical (unpaired) electrons. The summed E-state index contributed by atoms with van der Waals surface area (Å²) in [4.78, 5) is 17.3. The molecule has 3 aromatic rings. The summed E-state index contributed by atoms with van der Waals surface area (Å²) in [7, 11) is 0. The van der Waals surface area contributed by atoms with Crippen molar-refractivity contribution in [1.82, 2.24) is 9.55 Å². The first-order valence-electron chi connectivity index (χ1n) is 8.56. The maximum absolute atomic E-state index is 13.5. The number of aromatic nitrogens is 2. The Morgan fingerprint density at radius 2 is 1.79 bits per heavy atom. The second-order valence-corrected chi connectivity index (χ2v) is 7.44. The predicted molar refractivity (Wildman–Crippen MR) is 106 cm³/mol. The van der Waals surface area contributed by atoms with Crippen molar-refractivity contribution in [3.8, 4) is 17.3 Å². The Labute approximate surface area is 173 Å². The molecule has 0 saturated heterocycles. The molecular formula is C21H15BrF3N3O. The number of nitriles is 1. The van der Waals surface area contributed by atoms with Gasteiger partial charge in [-0.15, -0.1) is 0 Å². The molecule has 0 aliphatic rings. The monoisotopic (exact) mass is 461 g/mol. The fourth-order valence-electron chi connectivity index (χ4n) is 3.05. The van der Waals surface area contributed by atoms with E-state index in [1.54, 1.807) is 43.3 Å². The van der Waals surface area contributed by atoms with Crippen LogP contribution < -0.4 is 5.56 Å². The molecule has 0 aliphatic carbocycles. The highest BCUT2D eigenvalue weighted by molar-refractivity contribution is 9.10. The molecule has 1 aromatic carbocycles. The van der Waals surface area contributed by atoms with Crippen LogP contribution in [0.25, 0.3) is 11.3 Å². The molecule has 8 heteroatoms. The smallest absolute Gasteiger partial charge is 0.303 e. The van der Waals surface area contributed by atoms with E-state index in [1.165, 1.54) is 10.6 Å².